The summed E-state index contributed by atoms with van der Waals surface area (Å²) in [5.41, 5.74) is 2.82. The molecular formula is C12H16N2S2. The normalized spacial score (nSPS) is 29.8. The third-order valence-electron chi connectivity index (χ3n) is 2.97. The van der Waals surface area contributed by atoms with Crippen molar-refractivity contribution in [1.82, 2.24) is 10.6 Å². The molecule has 2 fully saturated rings. The van der Waals surface area contributed by atoms with Gasteiger partial charge in [0.15, 0.2) is 0 Å². The van der Waals surface area contributed by atoms with Crippen molar-refractivity contribution in [2.24, 2.45) is 0 Å². The Balaban J connectivity index is 1.73. The Hall–Kier alpha value is -0.160. The average Bonchev–Trinajstić information content (AvgIpc) is 3.03. The topological polar surface area (TPSA) is 24.1 Å². The summed E-state index contributed by atoms with van der Waals surface area (Å²) in [5.74, 6) is 2.46. The van der Waals surface area contributed by atoms with E-state index in [2.05, 4.69) is 34.9 Å². The van der Waals surface area contributed by atoms with Crippen molar-refractivity contribution in [2.75, 3.05) is 24.6 Å². The molecule has 2 aliphatic rings. The van der Waals surface area contributed by atoms with E-state index in [1.54, 1.807) is 0 Å². The van der Waals surface area contributed by atoms with Crippen molar-refractivity contribution in [3.63, 3.8) is 0 Å². The molecule has 2 nitrogen and oxygen atoms in total. The van der Waals surface area contributed by atoms with E-state index < -0.39 is 0 Å². The number of rotatable bonds is 2. The van der Waals surface area contributed by atoms with E-state index in [-0.39, 0.29) is 0 Å². The van der Waals surface area contributed by atoms with Gasteiger partial charge in [-0.1, -0.05) is 24.3 Å². The monoisotopic (exact) mass is 252 g/mol. The zero-order valence-electron chi connectivity index (χ0n) is 9.11. The van der Waals surface area contributed by atoms with Crippen LogP contribution < -0.4 is 10.6 Å². The Labute approximate surface area is 105 Å². The first-order valence-electron chi connectivity index (χ1n) is 5.73. The molecule has 2 N–H and O–H groups in total. The fourth-order valence-corrected chi connectivity index (χ4v) is 4.24. The molecule has 0 radical (unpaired) electrons. The molecule has 2 saturated heterocycles. The van der Waals surface area contributed by atoms with Crippen LogP contribution in [0.3, 0.4) is 0 Å². The molecule has 0 aliphatic carbocycles. The molecule has 0 aromatic heterocycles. The fraction of sp³-hybridized carbons (Fsp3) is 0.500. The maximum atomic E-state index is 3.50. The molecular weight excluding hydrogens is 236 g/mol. The predicted molar refractivity (Wildman–Crippen MR) is 72.8 cm³/mol. The molecule has 4 heteroatoms. The predicted octanol–water partition coefficient (Wildman–Crippen LogP) is 2.36. The van der Waals surface area contributed by atoms with Gasteiger partial charge in [-0.25, -0.2) is 0 Å². The minimum atomic E-state index is 0.512. The van der Waals surface area contributed by atoms with Crippen molar-refractivity contribution in [3.8, 4) is 0 Å². The Kier molecular flexibility index (Phi) is 3.43. The van der Waals surface area contributed by atoms with Crippen LogP contribution in [0.1, 0.15) is 21.9 Å². The molecule has 2 unspecified atom stereocenters. The van der Waals surface area contributed by atoms with Gasteiger partial charge >= 0.3 is 0 Å². The van der Waals surface area contributed by atoms with E-state index in [4.69, 9.17) is 0 Å². The Morgan fingerprint density at radius 1 is 0.812 bits per heavy atom. The van der Waals surface area contributed by atoms with E-state index in [0.29, 0.717) is 10.7 Å². The Morgan fingerprint density at radius 3 is 1.56 bits per heavy atom. The van der Waals surface area contributed by atoms with Crippen LogP contribution in [-0.4, -0.2) is 24.6 Å². The lowest BCUT2D eigenvalue weighted by Gasteiger charge is -2.13. The van der Waals surface area contributed by atoms with Gasteiger partial charge in [-0.3, -0.25) is 0 Å². The van der Waals surface area contributed by atoms with E-state index >= 15 is 0 Å². The van der Waals surface area contributed by atoms with Gasteiger partial charge in [0.05, 0.1) is 10.7 Å². The number of hydrogen-bond acceptors (Lipinski definition) is 4. The Bertz CT molecular complexity index is 306. The van der Waals surface area contributed by atoms with Gasteiger partial charge in [-0.2, -0.15) is 0 Å². The van der Waals surface area contributed by atoms with E-state index in [1.165, 1.54) is 22.6 Å². The summed E-state index contributed by atoms with van der Waals surface area (Å²) in [7, 11) is 0. The lowest BCUT2D eigenvalue weighted by molar-refractivity contribution is 0.741. The molecule has 3 rings (SSSR count). The molecule has 2 atom stereocenters. The second kappa shape index (κ2) is 5.00. The maximum absolute atomic E-state index is 3.50. The standard InChI is InChI=1S/C12H16N2S2/c1-2-10(12-14-6-8-16-12)4-3-9(1)11-13-5-7-15-11/h1-4,11-14H,5-8H2. The quantitative estimate of drug-likeness (QED) is 0.844. The smallest absolute Gasteiger partial charge is 0.0790 e. The molecule has 0 amide bonds. The van der Waals surface area contributed by atoms with Gasteiger partial charge in [0, 0.05) is 24.6 Å². The second-order valence-corrected chi connectivity index (χ2v) is 6.50. The summed E-state index contributed by atoms with van der Waals surface area (Å²) in [5, 5.41) is 8.03. The van der Waals surface area contributed by atoms with Crippen molar-refractivity contribution in [3.05, 3.63) is 35.4 Å². The first-order valence-corrected chi connectivity index (χ1v) is 7.83. The summed E-state index contributed by atoms with van der Waals surface area (Å²) in [6.45, 7) is 2.27. The first kappa shape index (κ1) is 11.0. The van der Waals surface area contributed by atoms with Crippen LogP contribution in [0.4, 0.5) is 0 Å². The zero-order chi connectivity index (χ0) is 10.8. The number of hydrogen-bond donors (Lipinski definition) is 2. The van der Waals surface area contributed by atoms with Crippen LogP contribution in [-0.2, 0) is 0 Å². The summed E-state index contributed by atoms with van der Waals surface area (Å²) in [6.07, 6.45) is 0. The highest BCUT2D eigenvalue weighted by Crippen LogP contribution is 2.33. The zero-order valence-corrected chi connectivity index (χ0v) is 10.7. The van der Waals surface area contributed by atoms with Gasteiger partial charge in [-0.15, -0.1) is 23.5 Å². The SMILES string of the molecule is c1cc(C2NCCS2)ccc1C1NCCS1. The number of benzene rings is 1. The lowest BCUT2D eigenvalue weighted by atomic mass is 10.1. The van der Waals surface area contributed by atoms with Gasteiger partial charge in [0.2, 0.25) is 0 Å². The number of thioether (sulfide) groups is 2. The van der Waals surface area contributed by atoms with Crippen molar-refractivity contribution in [2.45, 2.75) is 10.7 Å². The maximum Gasteiger partial charge on any atom is 0.0790 e. The van der Waals surface area contributed by atoms with Crippen LogP contribution in [0.5, 0.6) is 0 Å². The molecule has 0 spiro atoms. The lowest BCUT2D eigenvalue weighted by Crippen LogP contribution is -2.13. The summed E-state index contributed by atoms with van der Waals surface area (Å²) in [6, 6.07) is 9.08. The Morgan fingerprint density at radius 2 is 1.25 bits per heavy atom. The number of nitrogens with one attached hydrogen (secondary N) is 2. The van der Waals surface area contributed by atoms with E-state index in [9.17, 15) is 0 Å². The third-order valence-corrected chi connectivity index (χ3v) is 5.40. The van der Waals surface area contributed by atoms with E-state index in [1.807, 2.05) is 23.5 Å². The van der Waals surface area contributed by atoms with Crippen LogP contribution in [0.15, 0.2) is 24.3 Å². The molecule has 1 aromatic carbocycles. The fourth-order valence-electron chi connectivity index (χ4n) is 2.13. The summed E-state index contributed by atoms with van der Waals surface area (Å²) in [4.78, 5) is 0. The highest BCUT2D eigenvalue weighted by molar-refractivity contribution is 8.00. The first-order chi connectivity index (χ1) is 7.93. The molecule has 86 valence electrons. The largest absolute Gasteiger partial charge is 0.301 e. The molecule has 0 saturated carbocycles. The van der Waals surface area contributed by atoms with Crippen molar-refractivity contribution < 1.29 is 0 Å². The minimum absolute atomic E-state index is 0.512. The summed E-state index contributed by atoms with van der Waals surface area (Å²) >= 11 is 4.00. The van der Waals surface area contributed by atoms with Crippen LogP contribution in [0, 0.1) is 0 Å². The highest BCUT2D eigenvalue weighted by atomic mass is 32.2. The molecule has 0 bridgehead atoms. The highest BCUT2D eigenvalue weighted by Gasteiger charge is 2.19. The molecule has 2 aliphatic heterocycles. The second-order valence-electron chi connectivity index (χ2n) is 4.08. The average molecular weight is 252 g/mol. The van der Waals surface area contributed by atoms with Crippen molar-refractivity contribution >= 4 is 23.5 Å². The van der Waals surface area contributed by atoms with E-state index in [0.717, 1.165) is 13.1 Å². The molecule has 16 heavy (non-hydrogen) atoms. The molecule has 2 heterocycles. The van der Waals surface area contributed by atoms with Crippen molar-refractivity contribution in [1.29, 1.82) is 0 Å². The minimum Gasteiger partial charge on any atom is -0.301 e. The van der Waals surface area contributed by atoms with Gasteiger partial charge < -0.3 is 10.6 Å². The van der Waals surface area contributed by atoms with Gasteiger partial charge in [-0.05, 0) is 11.1 Å². The van der Waals surface area contributed by atoms with Gasteiger partial charge in [0.25, 0.3) is 0 Å². The van der Waals surface area contributed by atoms with Crippen LogP contribution in [0.25, 0.3) is 0 Å². The van der Waals surface area contributed by atoms with Gasteiger partial charge in [0.1, 0.15) is 0 Å². The third kappa shape index (κ3) is 2.25. The van der Waals surface area contributed by atoms with Crippen LogP contribution >= 0.6 is 23.5 Å². The summed E-state index contributed by atoms with van der Waals surface area (Å²) < 4.78 is 0. The molecule has 1 aromatic rings. The van der Waals surface area contributed by atoms with Crippen LogP contribution in [0.2, 0.25) is 0 Å².